The minimum Gasteiger partial charge on any atom is -0.497 e. The van der Waals surface area contributed by atoms with Crippen molar-refractivity contribution in [2.45, 2.75) is 34.1 Å². The second-order valence-electron chi connectivity index (χ2n) is 9.34. The molecule has 0 radical (unpaired) electrons. The summed E-state index contributed by atoms with van der Waals surface area (Å²) in [7, 11) is 1.60. The summed E-state index contributed by atoms with van der Waals surface area (Å²) < 4.78 is 7.17. The van der Waals surface area contributed by atoms with Crippen LogP contribution in [0.3, 0.4) is 0 Å². The lowest BCUT2D eigenvalue weighted by molar-refractivity contribution is -0.135. The highest BCUT2D eigenvalue weighted by Gasteiger charge is 2.21. The number of aromatic nitrogens is 2. The summed E-state index contributed by atoms with van der Waals surface area (Å²) >= 11 is 6.05. The highest BCUT2D eigenvalue weighted by molar-refractivity contribution is 6.30. The van der Waals surface area contributed by atoms with Crippen LogP contribution in [0.25, 0.3) is 16.9 Å². The molecule has 0 aliphatic carbocycles. The van der Waals surface area contributed by atoms with Crippen LogP contribution >= 0.6 is 11.6 Å². The number of hydrogen-bond donors (Lipinski definition) is 1. The van der Waals surface area contributed by atoms with Gasteiger partial charge in [0.1, 0.15) is 5.75 Å². The maximum atomic E-state index is 13.1. The molecule has 2 aromatic carbocycles. The summed E-state index contributed by atoms with van der Waals surface area (Å²) in [4.78, 5) is 32.2. The zero-order valence-electron chi connectivity index (χ0n) is 20.9. The molecule has 3 rings (SSSR count). The number of ether oxygens (including phenoxy) is 1. The van der Waals surface area contributed by atoms with Gasteiger partial charge in [-0.3, -0.25) is 19.5 Å². The van der Waals surface area contributed by atoms with Crippen molar-refractivity contribution in [3.05, 3.63) is 59.8 Å². The van der Waals surface area contributed by atoms with E-state index in [-0.39, 0.29) is 30.2 Å². The molecule has 0 unspecified atom stereocenters. The lowest BCUT2D eigenvalue weighted by atomic mass is 10.1. The highest BCUT2D eigenvalue weighted by Crippen LogP contribution is 2.27. The summed E-state index contributed by atoms with van der Waals surface area (Å²) in [6.45, 7) is 8.52. The first kappa shape index (κ1) is 26.3. The number of hydrogen-bond acceptors (Lipinski definition) is 4. The molecule has 0 aliphatic heterocycles. The van der Waals surface area contributed by atoms with E-state index in [0.29, 0.717) is 35.4 Å². The van der Waals surface area contributed by atoms with Gasteiger partial charge in [0.25, 0.3) is 0 Å². The van der Waals surface area contributed by atoms with Gasteiger partial charge >= 0.3 is 0 Å². The number of halogens is 1. The lowest BCUT2D eigenvalue weighted by Gasteiger charge is -2.25. The number of carbonyl (C=O) groups excluding carboxylic acids is 2. The average Bonchev–Trinajstić information content (AvgIpc) is 3.22. The minimum absolute atomic E-state index is 0.0261. The fourth-order valence-electron chi connectivity index (χ4n) is 3.70. The van der Waals surface area contributed by atoms with Crippen LogP contribution in [0.2, 0.25) is 5.02 Å². The molecule has 8 heteroatoms. The number of rotatable bonds is 10. The van der Waals surface area contributed by atoms with E-state index in [1.54, 1.807) is 28.7 Å². The minimum atomic E-state index is -0.305. The van der Waals surface area contributed by atoms with Gasteiger partial charge in [-0.25, -0.2) is 4.98 Å². The lowest BCUT2D eigenvalue weighted by Crippen LogP contribution is -2.40. The van der Waals surface area contributed by atoms with Crippen molar-refractivity contribution in [1.82, 2.24) is 14.5 Å². The van der Waals surface area contributed by atoms with E-state index in [1.165, 1.54) is 0 Å². The number of amides is 2. The van der Waals surface area contributed by atoms with Gasteiger partial charge in [0.05, 0.1) is 25.0 Å². The monoisotopic (exact) mass is 496 g/mol. The number of nitrogens with one attached hydrogen (secondary N) is 1. The van der Waals surface area contributed by atoms with Crippen molar-refractivity contribution in [2.75, 3.05) is 25.5 Å². The van der Waals surface area contributed by atoms with E-state index in [0.717, 1.165) is 11.3 Å². The summed E-state index contributed by atoms with van der Waals surface area (Å²) in [6, 6.07) is 14.8. The first-order valence-corrected chi connectivity index (χ1v) is 12.1. The van der Waals surface area contributed by atoms with Crippen LogP contribution in [0.4, 0.5) is 5.95 Å². The van der Waals surface area contributed by atoms with Crippen LogP contribution in [0.5, 0.6) is 5.75 Å². The smallest absolute Gasteiger partial charge is 0.246 e. The number of benzene rings is 2. The fourth-order valence-corrected chi connectivity index (χ4v) is 3.82. The first-order valence-electron chi connectivity index (χ1n) is 11.7. The third kappa shape index (κ3) is 7.33. The Balaban J connectivity index is 1.91. The number of methoxy groups -OCH3 is 1. The van der Waals surface area contributed by atoms with E-state index in [1.807, 2.05) is 70.3 Å². The molecule has 0 saturated heterocycles. The molecule has 0 bridgehead atoms. The summed E-state index contributed by atoms with van der Waals surface area (Å²) in [5.41, 5.74) is 2.32. The third-order valence-corrected chi connectivity index (χ3v) is 5.54. The second kappa shape index (κ2) is 11.9. The molecule has 2 amide bonds. The molecule has 7 nitrogen and oxygen atoms in total. The maximum absolute atomic E-state index is 13.1. The van der Waals surface area contributed by atoms with E-state index >= 15 is 0 Å². The Kier molecular flexibility index (Phi) is 8.93. The van der Waals surface area contributed by atoms with Gasteiger partial charge in [-0.1, -0.05) is 57.5 Å². The quantitative estimate of drug-likeness (QED) is 0.392. The Morgan fingerprint density at radius 1 is 1.09 bits per heavy atom. The van der Waals surface area contributed by atoms with Crippen molar-refractivity contribution in [3.63, 3.8) is 0 Å². The fraction of sp³-hybridized carbons (Fsp3) is 0.370. The molecule has 186 valence electrons. The first-order chi connectivity index (χ1) is 16.7. The van der Waals surface area contributed by atoms with Gasteiger partial charge in [0, 0.05) is 35.8 Å². The number of anilines is 1. The van der Waals surface area contributed by atoms with Gasteiger partial charge in [0.2, 0.25) is 17.8 Å². The van der Waals surface area contributed by atoms with Crippen LogP contribution in [0, 0.1) is 11.8 Å². The SMILES string of the molecule is COc1cccc(-n2cc(-c3ccc(Cl)cc3)nc2NC(=O)CN(CC(C)C)C(=O)CC(C)C)c1. The van der Waals surface area contributed by atoms with Gasteiger partial charge in [-0.15, -0.1) is 0 Å². The highest BCUT2D eigenvalue weighted by atomic mass is 35.5. The molecule has 1 aromatic heterocycles. The summed E-state index contributed by atoms with van der Waals surface area (Å²) in [6.07, 6.45) is 2.25. The molecule has 0 aliphatic rings. The Morgan fingerprint density at radius 2 is 1.80 bits per heavy atom. The maximum Gasteiger partial charge on any atom is 0.246 e. The van der Waals surface area contributed by atoms with Gasteiger partial charge in [0.15, 0.2) is 0 Å². The van der Waals surface area contributed by atoms with E-state index in [4.69, 9.17) is 16.3 Å². The standard InChI is InChI=1S/C27H33ClN4O3/c1-18(2)13-26(34)31(15-19(3)4)17-25(33)30-27-29-24(20-9-11-21(28)12-10-20)16-32(27)22-7-6-8-23(14-22)35-5/h6-12,14,16,18-19H,13,15,17H2,1-5H3,(H,29,30,33). The van der Waals surface area contributed by atoms with Crippen LogP contribution in [-0.2, 0) is 9.59 Å². The largest absolute Gasteiger partial charge is 0.497 e. The molecule has 35 heavy (non-hydrogen) atoms. The molecule has 3 aromatic rings. The van der Waals surface area contributed by atoms with Crippen molar-refractivity contribution in [1.29, 1.82) is 0 Å². The van der Waals surface area contributed by atoms with Crippen LogP contribution < -0.4 is 10.1 Å². The van der Waals surface area contributed by atoms with Crippen LogP contribution in [0.1, 0.15) is 34.1 Å². The Bertz CT molecular complexity index is 1160. The molecule has 0 atom stereocenters. The molecule has 0 spiro atoms. The zero-order valence-corrected chi connectivity index (χ0v) is 21.7. The molecule has 1 heterocycles. The van der Waals surface area contributed by atoms with Crippen molar-refractivity contribution in [3.8, 4) is 22.7 Å². The summed E-state index contributed by atoms with van der Waals surface area (Å²) in [5, 5.41) is 3.54. The average molecular weight is 497 g/mol. The molecule has 0 saturated carbocycles. The van der Waals surface area contributed by atoms with E-state index in [9.17, 15) is 9.59 Å². The van der Waals surface area contributed by atoms with Crippen molar-refractivity contribution < 1.29 is 14.3 Å². The number of nitrogens with zero attached hydrogens (tertiary/aromatic N) is 3. The zero-order chi connectivity index (χ0) is 25.5. The van der Waals surface area contributed by atoms with Crippen molar-refractivity contribution >= 4 is 29.4 Å². The van der Waals surface area contributed by atoms with Gasteiger partial charge in [-0.05, 0) is 36.1 Å². The number of carbonyl (C=O) groups is 2. The summed E-state index contributed by atoms with van der Waals surface area (Å²) in [5.74, 6) is 1.17. The number of imidazole rings is 1. The predicted molar refractivity (Wildman–Crippen MR) is 140 cm³/mol. The van der Waals surface area contributed by atoms with Gasteiger partial charge < -0.3 is 9.64 Å². The predicted octanol–water partition coefficient (Wildman–Crippen LogP) is 5.67. The molecular weight excluding hydrogens is 464 g/mol. The molecule has 0 fully saturated rings. The van der Waals surface area contributed by atoms with Crippen LogP contribution in [-0.4, -0.2) is 46.5 Å². The second-order valence-corrected chi connectivity index (χ2v) is 9.78. The third-order valence-electron chi connectivity index (χ3n) is 5.28. The Hall–Kier alpha value is -3.32. The van der Waals surface area contributed by atoms with Crippen LogP contribution in [0.15, 0.2) is 54.7 Å². The van der Waals surface area contributed by atoms with Crippen molar-refractivity contribution in [2.24, 2.45) is 11.8 Å². The molecular formula is C27H33ClN4O3. The Labute approximate surface area is 212 Å². The van der Waals surface area contributed by atoms with Gasteiger partial charge in [-0.2, -0.15) is 0 Å². The van der Waals surface area contributed by atoms with E-state index in [2.05, 4.69) is 10.3 Å². The van der Waals surface area contributed by atoms with E-state index < -0.39 is 0 Å². The topological polar surface area (TPSA) is 76.5 Å². The molecule has 1 N–H and O–H groups in total. The normalized spacial score (nSPS) is 11.1. The Morgan fingerprint density at radius 3 is 2.43 bits per heavy atom.